The van der Waals surface area contributed by atoms with Crippen LogP contribution < -0.4 is 0 Å². The van der Waals surface area contributed by atoms with E-state index >= 15 is 0 Å². The van der Waals surface area contributed by atoms with Crippen molar-refractivity contribution in [2.45, 2.75) is 116 Å². The Labute approximate surface area is 187 Å². The molecule has 0 atom stereocenters. The van der Waals surface area contributed by atoms with Gasteiger partial charge in [-0.15, -0.1) is 0 Å². The average Bonchev–Trinajstić information content (AvgIpc) is 3.66. The zero-order valence-corrected chi connectivity index (χ0v) is 19.7. The number of benzene rings is 1. The molecule has 31 heavy (non-hydrogen) atoms. The number of ether oxygens (including phenoxy) is 1. The quantitative estimate of drug-likeness (QED) is 0.260. The first-order valence-electron chi connectivity index (χ1n) is 12.3. The molecule has 2 aliphatic rings. The van der Waals surface area contributed by atoms with Crippen molar-refractivity contribution in [3.63, 3.8) is 0 Å². The van der Waals surface area contributed by atoms with Gasteiger partial charge in [-0.25, -0.2) is 0 Å². The molecule has 1 N–H and O–H groups in total. The highest BCUT2D eigenvalue weighted by atomic mass is 16.5. The molecular weight excluding hydrogens is 388 g/mol. The largest absolute Gasteiger partial charge is 0.481 e. The standard InChI is InChI=1S/C27H40O4/c1-20-21(2)23(10-6-4-5-8-12-26(14-15-26)25(29)30)18-24(22(20)3)11-7-9-13-27(16-17-27)31-19-28/h18-19H,4-17H2,1-3H3,(H,29,30). The summed E-state index contributed by atoms with van der Waals surface area (Å²) in [6.07, 6.45) is 14.6. The van der Waals surface area contributed by atoms with E-state index < -0.39 is 5.97 Å². The zero-order chi connectivity index (χ0) is 22.5. The van der Waals surface area contributed by atoms with Crippen molar-refractivity contribution in [2.24, 2.45) is 5.41 Å². The Bertz CT molecular complexity index is 787. The van der Waals surface area contributed by atoms with Crippen molar-refractivity contribution in [2.75, 3.05) is 0 Å². The van der Waals surface area contributed by atoms with Gasteiger partial charge >= 0.3 is 5.97 Å². The Morgan fingerprint density at radius 2 is 1.42 bits per heavy atom. The van der Waals surface area contributed by atoms with Crippen LogP contribution in [-0.2, 0) is 27.2 Å². The summed E-state index contributed by atoms with van der Waals surface area (Å²) in [6, 6.07) is 2.43. The molecule has 2 aliphatic carbocycles. The lowest BCUT2D eigenvalue weighted by Gasteiger charge is -2.17. The third-order valence-corrected chi connectivity index (χ3v) is 8.03. The van der Waals surface area contributed by atoms with Gasteiger partial charge in [0.05, 0.1) is 5.41 Å². The summed E-state index contributed by atoms with van der Waals surface area (Å²) in [5.41, 5.74) is 6.73. The number of carboxylic acid groups (broad SMARTS) is 1. The Morgan fingerprint density at radius 1 is 0.871 bits per heavy atom. The molecular formula is C27H40O4. The van der Waals surface area contributed by atoms with Gasteiger partial charge in [0.2, 0.25) is 0 Å². The Morgan fingerprint density at radius 3 is 1.94 bits per heavy atom. The van der Waals surface area contributed by atoms with Gasteiger partial charge in [-0.1, -0.05) is 25.3 Å². The highest BCUT2D eigenvalue weighted by Gasteiger charge is 2.49. The monoisotopic (exact) mass is 428 g/mol. The molecule has 0 aromatic heterocycles. The third-order valence-electron chi connectivity index (χ3n) is 8.03. The van der Waals surface area contributed by atoms with E-state index in [1.165, 1.54) is 40.7 Å². The second-order valence-corrected chi connectivity index (χ2v) is 10.2. The lowest BCUT2D eigenvalue weighted by atomic mass is 9.89. The Balaban J connectivity index is 1.43. The van der Waals surface area contributed by atoms with Gasteiger partial charge in [0, 0.05) is 0 Å². The summed E-state index contributed by atoms with van der Waals surface area (Å²) in [5, 5.41) is 9.28. The Hall–Kier alpha value is -1.84. The van der Waals surface area contributed by atoms with E-state index in [0.717, 1.165) is 77.0 Å². The van der Waals surface area contributed by atoms with Crippen LogP contribution >= 0.6 is 0 Å². The van der Waals surface area contributed by atoms with Crippen LogP contribution in [0.5, 0.6) is 0 Å². The van der Waals surface area contributed by atoms with E-state index in [4.69, 9.17) is 4.74 Å². The molecule has 4 heteroatoms. The first-order valence-corrected chi connectivity index (χ1v) is 12.3. The molecule has 0 unspecified atom stereocenters. The second kappa shape index (κ2) is 10.2. The highest BCUT2D eigenvalue weighted by molar-refractivity contribution is 5.77. The maximum Gasteiger partial charge on any atom is 0.309 e. The molecule has 1 aromatic carbocycles. The smallest absolute Gasteiger partial charge is 0.309 e. The van der Waals surface area contributed by atoms with Gasteiger partial charge in [-0.2, -0.15) is 0 Å². The molecule has 0 bridgehead atoms. The molecule has 0 saturated heterocycles. The van der Waals surface area contributed by atoms with Gasteiger partial charge in [0.15, 0.2) is 0 Å². The molecule has 1 aromatic rings. The predicted molar refractivity (Wildman–Crippen MR) is 123 cm³/mol. The number of unbranched alkanes of at least 4 members (excludes halogenated alkanes) is 4. The third kappa shape index (κ3) is 6.11. The van der Waals surface area contributed by atoms with Gasteiger partial charge in [-0.3, -0.25) is 9.59 Å². The number of hydrogen-bond acceptors (Lipinski definition) is 3. The summed E-state index contributed by atoms with van der Waals surface area (Å²) in [5.74, 6) is -0.589. The van der Waals surface area contributed by atoms with E-state index in [2.05, 4.69) is 26.8 Å². The van der Waals surface area contributed by atoms with Gasteiger partial charge < -0.3 is 9.84 Å². The summed E-state index contributed by atoms with van der Waals surface area (Å²) in [4.78, 5) is 21.9. The van der Waals surface area contributed by atoms with Crippen LogP contribution in [0.3, 0.4) is 0 Å². The molecule has 172 valence electrons. The minimum atomic E-state index is -0.589. The van der Waals surface area contributed by atoms with Crippen LogP contribution in [0.25, 0.3) is 0 Å². The van der Waals surface area contributed by atoms with Crippen LogP contribution in [0.4, 0.5) is 0 Å². The van der Waals surface area contributed by atoms with Crippen LogP contribution in [0.1, 0.15) is 105 Å². The fourth-order valence-corrected chi connectivity index (χ4v) is 4.99. The first-order chi connectivity index (χ1) is 14.8. The van der Waals surface area contributed by atoms with Crippen molar-refractivity contribution in [1.29, 1.82) is 0 Å². The lowest BCUT2D eigenvalue weighted by Crippen LogP contribution is -2.14. The summed E-state index contributed by atoms with van der Waals surface area (Å²) in [6.45, 7) is 7.35. The van der Waals surface area contributed by atoms with Crippen molar-refractivity contribution in [3.8, 4) is 0 Å². The second-order valence-electron chi connectivity index (χ2n) is 10.2. The number of rotatable bonds is 15. The minimum absolute atomic E-state index is 0.130. The van der Waals surface area contributed by atoms with Crippen LogP contribution in [-0.4, -0.2) is 23.1 Å². The molecule has 0 radical (unpaired) electrons. The topological polar surface area (TPSA) is 63.6 Å². The lowest BCUT2D eigenvalue weighted by molar-refractivity contribution is -0.143. The first kappa shape index (κ1) is 23.8. The van der Waals surface area contributed by atoms with Gasteiger partial charge in [0.25, 0.3) is 6.47 Å². The highest BCUT2D eigenvalue weighted by Crippen LogP contribution is 2.50. The fourth-order valence-electron chi connectivity index (χ4n) is 4.99. The molecule has 0 spiro atoms. The van der Waals surface area contributed by atoms with E-state index in [1.807, 2.05) is 0 Å². The number of aryl methyl sites for hydroxylation is 2. The molecule has 0 heterocycles. The van der Waals surface area contributed by atoms with Gasteiger partial charge in [0.1, 0.15) is 5.60 Å². The van der Waals surface area contributed by atoms with E-state index in [0.29, 0.717) is 6.47 Å². The molecule has 2 saturated carbocycles. The van der Waals surface area contributed by atoms with E-state index in [-0.39, 0.29) is 11.0 Å². The van der Waals surface area contributed by atoms with Crippen molar-refractivity contribution in [1.82, 2.24) is 0 Å². The van der Waals surface area contributed by atoms with Crippen LogP contribution in [0.2, 0.25) is 0 Å². The number of carbonyl (C=O) groups is 2. The number of carbonyl (C=O) groups excluding carboxylic acids is 1. The normalized spacial score (nSPS) is 17.9. The summed E-state index contributed by atoms with van der Waals surface area (Å²) < 4.78 is 5.27. The minimum Gasteiger partial charge on any atom is -0.481 e. The fraction of sp³-hybridized carbons (Fsp3) is 0.704. The molecule has 0 aliphatic heterocycles. The van der Waals surface area contributed by atoms with Crippen molar-refractivity contribution in [3.05, 3.63) is 33.9 Å². The van der Waals surface area contributed by atoms with Crippen molar-refractivity contribution >= 4 is 12.4 Å². The number of carboxylic acids is 1. The summed E-state index contributed by atoms with van der Waals surface area (Å²) in [7, 11) is 0. The maximum atomic E-state index is 11.3. The summed E-state index contributed by atoms with van der Waals surface area (Å²) >= 11 is 0. The van der Waals surface area contributed by atoms with Crippen molar-refractivity contribution < 1.29 is 19.4 Å². The molecule has 4 nitrogen and oxygen atoms in total. The maximum absolute atomic E-state index is 11.3. The molecule has 0 amide bonds. The SMILES string of the molecule is Cc1c(CCCCCCC2(C(=O)O)CC2)cc(CCCCC2(OC=O)CC2)c(C)c1C. The predicted octanol–water partition coefficient (Wildman–Crippen LogP) is 6.39. The average molecular weight is 429 g/mol. The number of aliphatic carboxylic acids is 1. The number of hydrogen-bond donors (Lipinski definition) is 1. The van der Waals surface area contributed by atoms with E-state index in [9.17, 15) is 14.7 Å². The molecule has 3 rings (SSSR count). The van der Waals surface area contributed by atoms with Crippen LogP contribution in [0, 0.1) is 26.2 Å². The molecule has 2 fully saturated rings. The Kier molecular flexibility index (Phi) is 7.82. The van der Waals surface area contributed by atoms with Gasteiger partial charge in [-0.05, 0) is 119 Å². The zero-order valence-electron chi connectivity index (χ0n) is 19.7. The van der Waals surface area contributed by atoms with Crippen LogP contribution in [0.15, 0.2) is 6.07 Å². The van der Waals surface area contributed by atoms with E-state index in [1.54, 1.807) is 0 Å².